The molecule has 0 spiro atoms. The van der Waals surface area contributed by atoms with E-state index in [-0.39, 0.29) is 29.0 Å². The van der Waals surface area contributed by atoms with E-state index in [2.05, 4.69) is 16.7 Å². The lowest BCUT2D eigenvalue weighted by molar-refractivity contribution is -0.126. The van der Waals surface area contributed by atoms with Crippen molar-refractivity contribution in [1.82, 2.24) is 10.6 Å². The number of nitrogens with one attached hydrogen (secondary N) is 2. The van der Waals surface area contributed by atoms with Crippen LogP contribution in [-0.4, -0.2) is 23.4 Å². The van der Waals surface area contributed by atoms with Gasteiger partial charge in [-0.1, -0.05) is 26.2 Å². The molecule has 2 aromatic rings. The summed E-state index contributed by atoms with van der Waals surface area (Å²) in [6.07, 6.45) is 5.98. The van der Waals surface area contributed by atoms with Crippen LogP contribution in [-0.2, 0) is 4.79 Å². The van der Waals surface area contributed by atoms with Crippen molar-refractivity contribution in [3.05, 3.63) is 47.7 Å². The van der Waals surface area contributed by atoms with Gasteiger partial charge >= 0.3 is 0 Å². The standard InChI is InChI=1S/C25H31N3O3/c1-4-25(2,3)28-24(30)22(19-8-6-5-7-9-19)27-23(29)21-15-14-20(31-21)18-12-10-17(16-26)11-13-18/h10-15,19,22H,4-9H2,1-3H3,(H,27,29)(H,28,30). The predicted octanol–water partition coefficient (Wildman–Crippen LogP) is 4.80. The largest absolute Gasteiger partial charge is 0.451 e. The third-order valence-electron chi connectivity index (χ3n) is 6.16. The highest BCUT2D eigenvalue weighted by Gasteiger charge is 2.34. The lowest BCUT2D eigenvalue weighted by atomic mass is 9.83. The number of hydrogen-bond acceptors (Lipinski definition) is 4. The first-order valence-electron chi connectivity index (χ1n) is 11.1. The molecule has 1 unspecified atom stereocenters. The average molecular weight is 422 g/mol. The maximum Gasteiger partial charge on any atom is 0.287 e. The van der Waals surface area contributed by atoms with E-state index < -0.39 is 6.04 Å². The number of rotatable bonds is 7. The molecule has 6 heteroatoms. The maximum absolute atomic E-state index is 13.1. The van der Waals surface area contributed by atoms with E-state index in [1.54, 1.807) is 36.4 Å². The van der Waals surface area contributed by atoms with Gasteiger partial charge in [0.1, 0.15) is 11.8 Å². The van der Waals surface area contributed by atoms with Crippen molar-refractivity contribution in [3.8, 4) is 17.4 Å². The first-order valence-corrected chi connectivity index (χ1v) is 11.1. The van der Waals surface area contributed by atoms with Crippen LogP contribution >= 0.6 is 0 Å². The van der Waals surface area contributed by atoms with Crippen LogP contribution in [0, 0.1) is 17.2 Å². The summed E-state index contributed by atoms with van der Waals surface area (Å²) in [6.45, 7) is 6.00. The zero-order valence-corrected chi connectivity index (χ0v) is 18.5. The highest BCUT2D eigenvalue weighted by molar-refractivity contribution is 5.96. The van der Waals surface area contributed by atoms with Crippen molar-refractivity contribution in [2.75, 3.05) is 0 Å². The summed E-state index contributed by atoms with van der Waals surface area (Å²) in [5.74, 6) is 0.312. The van der Waals surface area contributed by atoms with Crippen molar-refractivity contribution >= 4 is 11.8 Å². The van der Waals surface area contributed by atoms with Crippen molar-refractivity contribution in [2.45, 2.75) is 70.9 Å². The highest BCUT2D eigenvalue weighted by atomic mass is 16.4. The van der Waals surface area contributed by atoms with Gasteiger partial charge in [0.05, 0.1) is 11.6 Å². The van der Waals surface area contributed by atoms with Gasteiger partial charge < -0.3 is 15.1 Å². The van der Waals surface area contributed by atoms with Crippen molar-refractivity contribution < 1.29 is 14.0 Å². The normalized spacial score (nSPS) is 15.7. The number of nitriles is 1. The molecule has 1 aliphatic carbocycles. The van der Waals surface area contributed by atoms with Crippen LogP contribution in [0.5, 0.6) is 0 Å². The van der Waals surface area contributed by atoms with Gasteiger partial charge in [0.25, 0.3) is 5.91 Å². The molecule has 0 saturated heterocycles. The summed E-state index contributed by atoms with van der Waals surface area (Å²) in [5.41, 5.74) is 1.01. The third kappa shape index (κ3) is 5.75. The number of furan rings is 1. The molecule has 0 radical (unpaired) electrons. The fourth-order valence-corrected chi connectivity index (χ4v) is 3.90. The second-order valence-electron chi connectivity index (χ2n) is 8.93. The topological polar surface area (TPSA) is 95.1 Å². The molecule has 1 saturated carbocycles. The number of nitrogens with zero attached hydrogens (tertiary/aromatic N) is 1. The van der Waals surface area contributed by atoms with Crippen LogP contribution in [0.15, 0.2) is 40.8 Å². The lowest BCUT2D eigenvalue weighted by Crippen LogP contribution is -2.56. The molecule has 1 aromatic carbocycles. The molecule has 1 atom stereocenters. The zero-order chi connectivity index (χ0) is 22.4. The fraction of sp³-hybridized carbons (Fsp3) is 0.480. The summed E-state index contributed by atoms with van der Waals surface area (Å²) in [5, 5.41) is 15.0. The first-order chi connectivity index (χ1) is 14.8. The van der Waals surface area contributed by atoms with Gasteiger partial charge in [0.2, 0.25) is 5.91 Å². The van der Waals surface area contributed by atoms with Gasteiger partial charge in [0.15, 0.2) is 5.76 Å². The Morgan fingerprint density at radius 2 is 1.81 bits per heavy atom. The van der Waals surface area contributed by atoms with E-state index in [0.29, 0.717) is 11.3 Å². The Balaban J connectivity index is 1.75. The molecule has 3 rings (SSSR count). The molecule has 2 amide bonds. The molecule has 164 valence electrons. The second kappa shape index (κ2) is 9.82. The number of carbonyl (C=O) groups excluding carboxylic acids is 2. The lowest BCUT2D eigenvalue weighted by Gasteiger charge is -2.33. The van der Waals surface area contributed by atoms with Gasteiger partial charge in [-0.15, -0.1) is 0 Å². The minimum absolute atomic E-state index is 0.123. The smallest absolute Gasteiger partial charge is 0.287 e. The zero-order valence-electron chi connectivity index (χ0n) is 18.5. The second-order valence-corrected chi connectivity index (χ2v) is 8.93. The quantitative estimate of drug-likeness (QED) is 0.671. The van der Waals surface area contributed by atoms with E-state index in [4.69, 9.17) is 9.68 Å². The number of hydrogen-bond donors (Lipinski definition) is 2. The summed E-state index contributed by atoms with van der Waals surface area (Å²) in [7, 11) is 0. The van der Waals surface area contributed by atoms with Crippen LogP contribution in [0.2, 0.25) is 0 Å². The molecule has 1 heterocycles. The van der Waals surface area contributed by atoms with E-state index in [0.717, 1.165) is 37.7 Å². The van der Waals surface area contributed by atoms with Crippen LogP contribution in [0.3, 0.4) is 0 Å². The number of amides is 2. The number of benzene rings is 1. The molecule has 31 heavy (non-hydrogen) atoms. The summed E-state index contributed by atoms with van der Waals surface area (Å²) in [4.78, 5) is 26.0. The van der Waals surface area contributed by atoms with Gasteiger partial charge in [-0.2, -0.15) is 5.26 Å². The Morgan fingerprint density at radius 3 is 2.42 bits per heavy atom. The summed E-state index contributed by atoms with van der Waals surface area (Å²) in [6, 6.07) is 11.8. The van der Waals surface area contributed by atoms with Gasteiger partial charge in [0, 0.05) is 11.1 Å². The SMILES string of the molecule is CCC(C)(C)NC(=O)C(NC(=O)c1ccc(-c2ccc(C#N)cc2)o1)C1CCCCC1. The molecule has 1 fully saturated rings. The van der Waals surface area contributed by atoms with Gasteiger partial charge in [-0.25, -0.2) is 0 Å². The van der Waals surface area contributed by atoms with E-state index >= 15 is 0 Å². The molecule has 0 bridgehead atoms. The maximum atomic E-state index is 13.1. The molecule has 2 N–H and O–H groups in total. The van der Waals surface area contributed by atoms with Crippen molar-refractivity contribution in [2.24, 2.45) is 5.92 Å². The molecule has 1 aliphatic rings. The minimum atomic E-state index is -0.581. The molecular formula is C25H31N3O3. The monoisotopic (exact) mass is 421 g/mol. The van der Waals surface area contributed by atoms with Crippen LogP contribution < -0.4 is 10.6 Å². The van der Waals surface area contributed by atoms with Crippen LogP contribution in [0.4, 0.5) is 0 Å². The highest BCUT2D eigenvalue weighted by Crippen LogP contribution is 2.28. The molecule has 1 aromatic heterocycles. The Hall–Kier alpha value is -3.07. The third-order valence-corrected chi connectivity index (χ3v) is 6.16. The summed E-state index contributed by atoms with van der Waals surface area (Å²) < 4.78 is 5.77. The van der Waals surface area contributed by atoms with E-state index in [9.17, 15) is 9.59 Å². The minimum Gasteiger partial charge on any atom is -0.451 e. The Morgan fingerprint density at radius 1 is 1.13 bits per heavy atom. The number of carbonyl (C=O) groups is 2. The summed E-state index contributed by atoms with van der Waals surface area (Å²) >= 11 is 0. The fourth-order valence-electron chi connectivity index (χ4n) is 3.90. The first kappa shape index (κ1) is 22.6. The average Bonchev–Trinajstić information content (AvgIpc) is 3.28. The van der Waals surface area contributed by atoms with Gasteiger partial charge in [-0.3, -0.25) is 9.59 Å². The predicted molar refractivity (Wildman–Crippen MR) is 119 cm³/mol. The van der Waals surface area contributed by atoms with E-state index in [1.165, 1.54) is 6.42 Å². The molecular weight excluding hydrogens is 390 g/mol. The Bertz CT molecular complexity index is 947. The van der Waals surface area contributed by atoms with E-state index in [1.807, 2.05) is 20.8 Å². The Kier molecular flexibility index (Phi) is 7.17. The van der Waals surface area contributed by atoms with Crippen LogP contribution in [0.25, 0.3) is 11.3 Å². The van der Waals surface area contributed by atoms with Crippen molar-refractivity contribution in [1.29, 1.82) is 5.26 Å². The molecule has 6 nitrogen and oxygen atoms in total. The Labute approximate surface area is 184 Å². The van der Waals surface area contributed by atoms with Crippen LogP contribution in [0.1, 0.15) is 75.4 Å². The molecule has 0 aliphatic heterocycles. The van der Waals surface area contributed by atoms with Gasteiger partial charge in [-0.05, 0) is 75.4 Å². The van der Waals surface area contributed by atoms with Crippen molar-refractivity contribution in [3.63, 3.8) is 0 Å².